The van der Waals surface area contributed by atoms with Gasteiger partial charge in [0.1, 0.15) is 11.9 Å². The Kier molecular flexibility index (Phi) is 4.57. The van der Waals surface area contributed by atoms with E-state index in [4.69, 9.17) is 27.9 Å². The minimum absolute atomic E-state index is 0.110. The highest BCUT2D eigenvalue weighted by Gasteiger charge is 2.69. The van der Waals surface area contributed by atoms with E-state index in [0.717, 1.165) is 24.7 Å². The summed E-state index contributed by atoms with van der Waals surface area (Å²) in [7, 11) is 0. The lowest BCUT2D eigenvalue weighted by atomic mass is 9.79. The fourth-order valence-corrected chi connectivity index (χ4v) is 4.48. The molecular weight excluding hydrogens is 361 g/mol. The van der Waals surface area contributed by atoms with Gasteiger partial charge in [-0.3, -0.25) is 0 Å². The number of amides is 1. The summed E-state index contributed by atoms with van der Waals surface area (Å²) in [6.45, 7) is 6.70. The molecule has 0 bridgehead atoms. The second-order valence-electron chi connectivity index (χ2n) is 8.19. The van der Waals surface area contributed by atoms with Gasteiger partial charge in [0, 0.05) is 30.3 Å². The van der Waals surface area contributed by atoms with Crippen molar-refractivity contribution in [2.75, 3.05) is 13.1 Å². The number of ether oxygens (including phenoxy) is 1. The van der Waals surface area contributed by atoms with Crippen LogP contribution in [0.2, 0.25) is 10.0 Å². The fraction of sp³-hybridized carbons (Fsp3) is 0.579. The molecule has 0 spiro atoms. The minimum atomic E-state index is -0.531. The van der Waals surface area contributed by atoms with Crippen molar-refractivity contribution < 1.29 is 14.3 Å². The molecule has 0 aromatic heterocycles. The molecule has 1 aliphatic carbocycles. The van der Waals surface area contributed by atoms with E-state index < -0.39 is 5.60 Å². The molecule has 2 atom stereocenters. The molecule has 1 aromatic carbocycles. The van der Waals surface area contributed by atoms with Crippen molar-refractivity contribution in [3.63, 3.8) is 0 Å². The van der Waals surface area contributed by atoms with Crippen LogP contribution < -0.4 is 0 Å². The van der Waals surface area contributed by atoms with Gasteiger partial charge in [0.25, 0.3) is 0 Å². The summed E-state index contributed by atoms with van der Waals surface area (Å²) in [6.07, 6.45) is 2.73. The number of nitrogens with zero attached hydrogens (tertiary/aromatic N) is 1. The molecule has 1 saturated heterocycles. The molecule has 1 aromatic rings. The van der Waals surface area contributed by atoms with Crippen LogP contribution in [0, 0.1) is 5.41 Å². The quantitative estimate of drug-likeness (QED) is 0.700. The normalized spacial score (nSPS) is 28.3. The average molecular weight is 384 g/mol. The molecule has 2 aliphatic rings. The predicted molar refractivity (Wildman–Crippen MR) is 98.3 cm³/mol. The number of likely N-dealkylation sites (tertiary alicyclic amines) is 1. The van der Waals surface area contributed by atoms with Crippen molar-refractivity contribution in [1.82, 2.24) is 4.90 Å². The highest BCUT2D eigenvalue weighted by atomic mass is 35.5. The predicted octanol–water partition coefficient (Wildman–Crippen LogP) is 4.85. The summed E-state index contributed by atoms with van der Waals surface area (Å²) in [5, 5.41) is 1.05. The molecular formula is C19H23Cl2NO3. The second-order valence-corrected chi connectivity index (χ2v) is 9.01. The molecule has 6 heteroatoms. The van der Waals surface area contributed by atoms with E-state index in [0.29, 0.717) is 29.6 Å². The van der Waals surface area contributed by atoms with E-state index in [9.17, 15) is 9.59 Å². The lowest BCUT2D eigenvalue weighted by molar-refractivity contribution is -0.109. The third-order valence-electron chi connectivity index (χ3n) is 5.43. The zero-order chi connectivity index (χ0) is 18.5. The van der Waals surface area contributed by atoms with E-state index in [1.807, 2.05) is 32.9 Å². The van der Waals surface area contributed by atoms with Gasteiger partial charge in [-0.25, -0.2) is 4.79 Å². The summed E-state index contributed by atoms with van der Waals surface area (Å²) in [6, 6.07) is 5.70. The number of carbonyl (C=O) groups is 2. The van der Waals surface area contributed by atoms with E-state index in [-0.39, 0.29) is 16.9 Å². The van der Waals surface area contributed by atoms with Gasteiger partial charge in [-0.2, -0.15) is 0 Å². The number of fused-ring (bicyclic) bond motifs is 1. The number of halogens is 2. The SMILES string of the molecule is CC(C)(C)OC(=O)N1CC[C@@]2(c3ccc(Cl)c(Cl)c3)C[C@@]2(CC=O)C1. The third-order valence-corrected chi connectivity index (χ3v) is 6.17. The van der Waals surface area contributed by atoms with E-state index in [1.165, 1.54) is 0 Å². The molecule has 3 rings (SSSR count). The van der Waals surface area contributed by atoms with Crippen LogP contribution in [0.5, 0.6) is 0 Å². The summed E-state index contributed by atoms with van der Waals surface area (Å²) in [5.41, 5.74) is 0.228. The first-order valence-corrected chi connectivity index (χ1v) is 9.25. The van der Waals surface area contributed by atoms with E-state index in [2.05, 4.69) is 0 Å². The van der Waals surface area contributed by atoms with Crippen LogP contribution in [0.25, 0.3) is 0 Å². The third kappa shape index (κ3) is 3.26. The maximum absolute atomic E-state index is 12.4. The first-order valence-electron chi connectivity index (χ1n) is 8.50. The zero-order valence-corrected chi connectivity index (χ0v) is 16.3. The van der Waals surface area contributed by atoms with Crippen LogP contribution in [0.1, 0.15) is 45.6 Å². The van der Waals surface area contributed by atoms with Crippen molar-refractivity contribution in [3.8, 4) is 0 Å². The van der Waals surface area contributed by atoms with E-state index in [1.54, 1.807) is 11.0 Å². The Balaban J connectivity index is 1.85. The molecule has 0 unspecified atom stereocenters. The number of hydrogen-bond acceptors (Lipinski definition) is 3. The minimum Gasteiger partial charge on any atom is -0.444 e. The molecule has 1 aliphatic heterocycles. The molecule has 0 radical (unpaired) electrons. The lowest BCUT2D eigenvalue weighted by Crippen LogP contribution is -2.47. The zero-order valence-electron chi connectivity index (χ0n) is 14.8. The largest absolute Gasteiger partial charge is 0.444 e. The van der Waals surface area contributed by atoms with Crippen molar-refractivity contribution in [1.29, 1.82) is 0 Å². The molecule has 136 valence electrons. The number of hydrogen-bond donors (Lipinski definition) is 0. The van der Waals surface area contributed by atoms with Crippen LogP contribution in [-0.2, 0) is 14.9 Å². The Morgan fingerprint density at radius 1 is 1.32 bits per heavy atom. The Hall–Kier alpha value is -1.26. The van der Waals surface area contributed by atoms with Crippen LogP contribution in [-0.4, -0.2) is 36.0 Å². The number of aldehydes is 1. The second kappa shape index (κ2) is 6.17. The van der Waals surface area contributed by atoms with Gasteiger partial charge in [0.15, 0.2) is 0 Å². The first-order chi connectivity index (χ1) is 11.6. The fourth-order valence-electron chi connectivity index (χ4n) is 4.18. The van der Waals surface area contributed by atoms with Crippen molar-refractivity contribution in [3.05, 3.63) is 33.8 Å². The van der Waals surface area contributed by atoms with Crippen LogP contribution in [0.15, 0.2) is 18.2 Å². The summed E-state index contributed by atoms with van der Waals surface area (Å²) in [4.78, 5) is 25.5. The highest BCUT2D eigenvalue weighted by molar-refractivity contribution is 6.42. The van der Waals surface area contributed by atoms with Crippen LogP contribution >= 0.6 is 23.2 Å². The maximum atomic E-state index is 12.4. The van der Waals surface area contributed by atoms with Gasteiger partial charge in [-0.1, -0.05) is 29.3 Å². The molecule has 0 N–H and O–H groups in total. The molecule has 1 saturated carbocycles. The standard InChI is InChI=1S/C19H23Cl2NO3/c1-17(2,3)25-16(24)22-8-6-19(11-18(19,12-22)7-9-23)13-4-5-14(20)15(21)10-13/h4-5,9-10H,6-8,11-12H2,1-3H3/t18-,19-/m0/s1. The Bertz CT molecular complexity index is 715. The van der Waals surface area contributed by atoms with Crippen LogP contribution in [0.3, 0.4) is 0 Å². The Morgan fingerprint density at radius 2 is 2.04 bits per heavy atom. The first kappa shape index (κ1) is 18.5. The van der Waals surface area contributed by atoms with Gasteiger partial charge >= 0.3 is 6.09 Å². The van der Waals surface area contributed by atoms with Crippen molar-refractivity contribution in [2.24, 2.45) is 5.41 Å². The molecule has 1 heterocycles. The molecule has 4 nitrogen and oxygen atoms in total. The van der Waals surface area contributed by atoms with Gasteiger partial charge in [-0.15, -0.1) is 0 Å². The van der Waals surface area contributed by atoms with Gasteiger partial charge in [-0.05, 0) is 51.3 Å². The number of rotatable bonds is 3. The number of carbonyl (C=O) groups excluding carboxylic acids is 2. The Morgan fingerprint density at radius 3 is 2.64 bits per heavy atom. The molecule has 25 heavy (non-hydrogen) atoms. The maximum Gasteiger partial charge on any atom is 0.410 e. The topological polar surface area (TPSA) is 46.6 Å². The van der Waals surface area contributed by atoms with Gasteiger partial charge in [0.05, 0.1) is 10.0 Å². The van der Waals surface area contributed by atoms with E-state index >= 15 is 0 Å². The summed E-state index contributed by atoms with van der Waals surface area (Å²) >= 11 is 12.2. The van der Waals surface area contributed by atoms with Gasteiger partial charge in [0.2, 0.25) is 0 Å². The molecule has 2 fully saturated rings. The Labute approximate surface area is 158 Å². The average Bonchev–Trinajstić information content (AvgIpc) is 3.17. The number of piperidine rings is 1. The van der Waals surface area contributed by atoms with Crippen molar-refractivity contribution >= 4 is 35.6 Å². The summed E-state index contributed by atoms with van der Waals surface area (Å²) in [5.74, 6) is 0. The summed E-state index contributed by atoms with van der Waals surface area (Å²) < 4.78 is 5.50. The smallest absolute Gasteiger partial charge is 0.410 e. The van der Waals surface area contributed by atoms with Crippen LogP contribution in [0.4, 0.5) is 4.79 Å². The highest BCUT2D eigenvalue weighted by Crippen LogP contribution is 2.70. The van der Waals surface area contributed by atoms with Crippen molar-refractivity contribution in [2.45, 2.75) is 51.0 Å². The number of benzene rings is 1. The van der Waals surface area contributed by atoms with Gasteiger partial charge < -0.3 is 14.4 Å². The molecule has 1 amide bonds. The lowest BCUT2D eigenvalue weighted by Gasteiger charge is -2.38. The monoisotopic (exact) mass is 383 g/mol.